The standard InChI is InChI=1S/C57H37N5/c1-5-17-37(18-6-1)49-36-52(59-56(58-49)40-23-11-4-12-24-40)55-46-27-14-13-25-43(46)44-31-29-41(34-48(44)55)42-30-32-54-47(33-42)45-26-15-16-28-53(45)62(54)57-60-50(38-19-7-2-8-20-38)35-51(61-57)39-21-9-3-10-22-39/h1-36,55H. The largest absolute Gasteiger partial charge is 0.278 e. The van der Waals surface area contributed by atoms with Crippen molar-refractivity contribution in [2.24, 2.45) is 0 Å². The molecule has 1 aliphatic carbocycles. The molecule has 0 N–H and O–H groups in total. The van der Waals surface area contributed by atoms with Crippen molar-refractivity contribution >= 4 is 21.8 Å². The third kappa shape index (κ3) is 6.10. The summed E-state index contributed by atoms with van der Waals surface area (Å²) in [7, 11) is 0. The molecule has 0 fully saturated rings. The molecule has 12 rings (SSSR count). The number of nitrogens with zero attached hydrogens (tertiary/aromatic N) is 5. The molecular weight excluding hydrogens is 755 g/mol. The maximum atomic E-state index is 5.34. The lowest BCUT2D eigenvalue weighted by atomic mass is 9.90. The van der Waals surface area contributed by atoms with Gasteiger partial charge in [0.1, 0.15) is 0 Å². The topological polar surface area (TPSA) is 56.5 Å². The summed E-state index contributed by atoms with van der Waals surface area (Å²) in [4.78, 5) is 20.9. The van der Waals surface area contributed by atoms with E-state index in [0.29, 0.717) is 5.95 Å². The zero-order chi connectivity index (χ0) is 41.0. The Morgan fingerprint density at radius 1 is 0.323 bits per heavy atom. The monoisotopic (exact) mass is 791 g/mol. The fourth-order valence-corrected chi connectivity index (χ4v) is 9.21. The van der Waals surface area contributed by atoms with Gasteiger partial charge >= 0.3 is 0 Å². The Morgan fingerprint density at radius 2 is 0.839 bits per heavy atom. The number of rotatable bonds is 7. The fourth-order valence-electron chi connectivity index (χ4n) is 9.21. The first-order chi connectivity index (χ1) is 30.7. The molecule has 290 valence electrons. The molecule has 3 aromatic heterocycles. The maximum Gasteiger partial charge on any atom is 0.235 e. The molecule has 62 heavy (non-hydrogen) atoms. The van der Waals surface area contributed by atoms with Crippen LogP contribution in [-0.2, 0) is 0 Å². The summed E-state index contributed by atoms with van der Waals surface area (Å²) in [6.07, 6.45) is 0. The minimum absolute atomic E-state index is 0.0763. The highest BCUT2D eigenvalue weighted by Gasteiger charge is 2.32. The van der Waals surface area contributed by atoms with Crippen LogP contribution in [0.2, 0.25) is 0 Å². The Balaban J connectivity index is 1.02. The number of fused-ring (bicyclic) bond motifs is 6. The van der Waals surface area contributed by atoms with E-state index >= 15 is 0 Å². The van der Waals surface area contributed by atoms with E-state index in [4.69, 9.17) is 19.9 Å². The molecule has 5 nitrogen and oxygen atoms in total. The summed E-state index contributed by atoms with van der Waals surface area (Å²) in [5, 5.41) is 2.29. The van der Waals surface area contributed by atoms with Gasteiger partial charge in [0, 0.05) is 33.0 Å². The van der Waals surface area contributed by atoms with Crippen LogP contribution in [0.25, 0.3) is 95.2 Å². The molecular formula is C57H37N5. The summed E-state index contributed by atoms with van der Waals surface area (Å²) >= 11 is 0. The molecule has 0 aliphatic heterocycles. The van der Waals surface area contributed by atoms with Crippen LogP contribution in [0.4, 0.5) is 0 Å². The zero-order valence-electron chi connectivity index (χ0n) is 33.6. The summed E-state index contributed by atoms with van der Waals surface area (Å²) in [6, 6.07) is 76.8. The molecule has 11 aromatic rings. The SMILES string of the molecule is c1ccc(-c2cc(C3c4ccccc4-c4ccc(-c5ccc6c(c5)c5ccccc5n6-c5nc(-c6ccccc6)cc(-c6ccccc6)n5)cc43)nc(-c3ccccc3)n2)cc1. The molecule has 0 saturated carbocycles. The number of hydrogen-bond donors (Lipinski definition) is 0. The van der Waals surface area contributed by atoms with E-state index in [2.05, 4.69) is 187 Å². The van der Waals surface area contributed by atoms with Crippen LogP contribution in [0.1, 0.15) is 22.7 Å². The molecule has 0 amide bonds. The van der Waals surface area contributed by atoms with Crippen molar-refractivity contribution in [1.29, 1.82) is 0 Å². The van der Waals surface area contributed by atoms with Crippen molar-refractivity contribution in [2.45, 2.75) is 5.92 Å². The Hall–Kier alpha value is -8.28. The van der Waals surface area contributed by atoms with Crippen LogP contribution in [0.5, 0.6) is 0 Å². The molecule has 3 heterocycles. The van der Waals surface area contributed by atoms with E-state index in [1.165, 1.54) is 22.3 Å². The van der Waals surface area contributed by atoms with Crippen LogP contribution >= 0.6 is 0 Å². The van der Waals surface area contributed by atoms with Crippen molar-refractivity contribution in [3.63, 3.8) is 0 Å². The van der Waals surface area contributed by atoms with Crippen LogP contribution in [0.3, 0.4) is 0 Å². The third-order valence-electron chi connectivity index (χ3n) is 12.1. The minimum Gasteiger partial charge on any atom is -0.278 e. The van der Waals surface area contributed by atoms with Crippen molar-refractivity contribution in [2.75, 3.05) is 0 Å². The van der Waals surface area contributed by atoms with Gasteiger partial charge in [-0.2, -0.15) is 0 Å². The van der Waals surface area contributed by atoms with Gasteiger partial charge in [0.15, 0.2) is 5.82 Å². The van der Waals surface area contributed by atoms with Gasteiger partial charge in [0.2, 0.25) is 5.95 Å². The second-order valence-electron chi connectivity index (χ2n) is 15.8. The molecule has 5 heteroatoms. The number of para-hydroxylation sites is 1. The molecule has 8 aromatic carbocycles. The van der Waals surface area contributed by atoms with E-state index in [0.717, 1.165) is 83.8 Å². The first-order valence-electron chi connectivity index (χ1n) is 21.0. The Bertz CT molecular complexity index is 3340. The van der Waals surface area contributed by atoms with E-state index < -0.39 is 0 Å². The molecule has 1 unspecified atom stereocenters. The highest BCUT2D eigenvalue weighted by molar-refractivity contribution is 6.10. The second kappa shape index (κ2) is 14.8. The van der Waals surface area contributed by atoms with Gasteiger partial charge in [-0.3, -0.25) is 4.57 Å². The predicted molar refractivity (Wildman–Crippen MR) is 252 cm³/mol. The second-order valence-corrected chi connectivity index (χ2v) is 15.8. The Labute approximate surface area is 359 Å². The average Bonchev–Trinajstić information content (AvgIpc) is 3.87. The highest BCUT2D eigenvalue weighted by Crippen LogP contribution is 2.49. The van der Waals surface area contributed by atoms with Gasteiger partial charge in [-0.1, -0.05) is 182 Å². The molecule has 0 radical (unpaired) electrons. The lowest BCUT2D eigenvalue weighted by Gasteiger charge is -2.17. The summed E-state index contributed by atoms with van der Waals surface area (Å²) < 4.78 is 2.21. The quantitative estimate of drug-likeness (QED) is 0.161. The number of aromatic nitrogens is 5. The van der Waals surface area contributed by atoms with Crippen molar-refractivity contribution in [3.8, 4) is 73.4 Å². The van der Waals surface area contributed by atoms with E-state index in [1.54, 1.807) is 0 Å². The molecule has 0 saturated heterocycles. The highest BCUT2D eigenvalue weighted by atomic mass is 15.2. The summed E-state index contributed by atoms with van der Waals surface area (Å²) in [5.41, 5.74) is 17.1. The molecule has 1 aliphatic rings. The van der Waals surface area contributed by atoms with Gasteiger partial charge in [0.25, 0.3) is 0 Å². The summed E-state index contributed by atoms with van der Waals surface area (Å²) in [5.74, 6) is 1.28. The Kier molecular flexibility index (Phi) is 8.49. The van der Waals surface area contributed by atoms with E-state index in [-0.39, 0.29) is 5.92 Å². The van der Waals surface area contributed by atoms with Gasteiger partial charge in [-0.25, -0.2) is 19.9 Å². The van der Waals surface area contributed by atoms with Crippen LogP contribution in [0.15, 0.2) is 218 Å². The van der Waals surface area contributed by atoms with Crippen LogP contribution < -0.4 is 0 Å². The lowest BCUT2D eigenvalue weighted by molar-refractivity contribution is 0.933. The van der Waals surface area contributed by atoms with E-state index in [9.17, 15) is 0 Å². The summed E-state index contributed by atoms with van der Waals surface area (Å²) in [6.45, 7) is 0. The fraction of sp³-hybridized carbons (Fsp3) is 0.0175. The van der Waals surface area contributed by atoms with Gasteiger partial charge in [0.05, 0.1) is 39.7 Å². The number of benzene rings is 8. The smallest absolute Gasteiger partial charge is 0.235 e. The normalized spacial score (nSPS) is 13.0. The van der Waals surface area contributed by atoms with Gasteiger partial charge < -0.3 is 0 Å². The van der Waals surface area contributed by atoms with Crippen molar-refractivity contribution in [3.05, 3.63) is 235 Å². The zero-order valence-corrected chi connectivity index (χ0v) is 33.6. The Morgan fingerprint density at radius 3 is 1.52 bits per heavy atom. The van der Waals surface area contributed by atoms with Gasteiger partial charge in [-0.05, 0) is 69.8 Å². The van der Waals surface area contributed by atoms with Crippen LogP contribution in [0, 0.1) is 0 Å². The molecule has 1 atom stereocenters. The predicted octanol–water partition coefficient (Wildman–Crippen LogP) is 13.9. The number of hydrogen-bond acceptors (Lipinski definition) is 4. The first-order valence-corrected chi connectivity index (χ1v) is 21.0. The third-order valence-corrected chi connectivity index (χ3v) is 12.1. The maximum absolute atomic E-state index is 5.34. The van der Waals surface area contributed by atoms with Crippen molar-refractivity contribution < 1.29 is 0 Å². The molecule has 0 spiro atoms. The minimum atomic E-state index is -0.0763. The van der Waals surface area contributed by atoms with Crippen LogP contribution in [-0.4, -0.2) is 24.5 Å². The average molecular weight is 792 g/mol. The van der Waals surface area contributed by atoms with Crippen molar-refractivity contribution in [1.82, 2.24) is 24.5 Å². The first kappa shape index (κ1) is 35.6. The lowest BCUT2D eigenvalue weighted by Crippen LogP contribution is -2.06. The van der Waals surface area contributed by atoms with Gasteiger partial charge in [-0.15, -0.1) is 0 Å². The van der Waals surface area contributed by atoms with E-state index in [1.807, 2.05) is 36.4 Å². The molecule has 0 bridgehead atoms.